The summed E-state index contributed by atoms with van der Waals surface area (Å²) in [7, 11) is 0. The molecule has 3 aromatic heterocycles. The van der Waals surface area contributed by atoms with Crippen LogP contribution in [0.3, 0.4) is 0 Å². The molecule has 1 unspecified atom stereocenters. The summed E-state index contributed by atoms with van der Waals surface area (Å²) in [5.41, 5.74) is 0.799. The van der Waals surface area contributed by atoms with Crippen LogP contribution in [0.5, 0.6) is 0 Å². The molecule has 1 amide bonds. The molecule has 1 saturated heterocycles. The maximum absolute atomic E-state index is 13.1. The second-order valence-corrected chi connectivity index (χ2v) is 8.16. The number of nitrogens with one attached hydrogen (secondary N) is 1. The van der Waals surface area contributed by atoms with Crippen LogP contribution in [0, 0.1) is 5.92 Å². The van der Waals surface area contributed by atoms with Crippen molar-refractivity contribution >= 4 is 28.3 Å². The predicted molar refractivity (Wildman–Crippen MR) is 113 cm³/mol. The molecule has 5 rings (SSSR count). The second-order valence-electron chi connectivity index (χ2n) is 8.16. The third kappa shape index (κ3) is 4.10. The Labute approximate surface area is 186 Å². The molecule has 33 heavy (non-hydrogen) atoms. The topological polar surface area (TPSA) is 88.6 Å². The van der Waals surface area contributed by atoms with E-state index in [1.54, 1.807) is 6.07 Å². The van der Waals surface area contributed by atoms with Gasteiger partial charge in [-0.25, -0.2) is 0 Å². The van der Waals surface area contributed by atoms with Crippen molar-refractivity contribution in [2.24, 2.45) is 5.92 Å². The van der Waals surface area contributed by atoms with Crippen LogP contribution >= 0.6 is 0 Å². The smallest absolute Gasteiger partial charge is 0.453 e. The van der Waals surface area contributed by atoms with Gasteiger partial charge in [-0.15, -0.1) is 15.3 Å². The van der Waals surface area contributed by atoms with Crippen molar-refractivity contribution in [3.8, 4) is 0 Å². The van der Waals surface area contributed by atoms with E-state index in [0.717, 1.165) is 11.0 Å². The Balaban J connectivity index is 1.23. The number of aromatic nitrogens is 4. The highest BCUT2D eigenvalue weighted by Crippen LogP contribution is 2.29. The van der Waals surface area contributed by atoms with E-state index in [1.807, 2.05) is 42.2 Å². The number of carbonyl (C=O) groups excluding carboxylic acids is 1. The SMILES string of the molecule is CC(NC(=O)C1CCN(c2ccc3nnc(C(F)(F)F)n3n2)CC1)c1cc2ccccc2o1. The van der Waals surface area contributed by atoms with E-state index < -0.39 is 12.0 Å². The van der Waals surface area contributed by atoms with Gasteiger partial charge in [-0.3, -0.25) is 4.79 Å². The van der Waals surface area contributed by atoms with Gasteiger partial charge in [-0.2, -0.15) is 17.7 Å². The van der Waals surface area contributed by atoms with E-state index in [1.165, 1.54) is 6.07 Å². The zero-order chi connectivity index (χ0) is 23.2. The average molecular weight is 458 g/mol. The zero-order valence-corrected chi connectivity index (χ0v) is 17.7. The fourth-order valence-electron chi connectivity index (χ4n) is 4.11. The summed E-state index contributed by atoms with van der Waals surface area (Å²) in [6, 6.07) is 12.4. The third-order valence-electron chi connectivity index (χ3n) is 5.92. The lowest BCUT2D eigenvalue weighted by Gasteiger charge is -2.32. The van der Waals surface area contributed by atoms with E-state index in [2.05, 4.69) is 20.6 Å². The van der Waals surface area contributed by atoms with Crippen molar-refractivity contribution in [2.75, 3.05) is 18.0 Å². The van der Waals surface area contributed by atoms with Gasteiger partial charge in [-0.05, 0) is 44.0 Å². The first kappa shape index (κ1) is 21.2. The Kier molecular flexibility index (Phi) is 5.18. The minimum absolute atomic E-state index is 0.0277. The number of carbonyl (C=O) groups is 1. The molecule has 1 aliphatic rings. The number of furan rings is 1. The summed E-state index contributed by atoms with van der Waals surface area (Å²) >= 11 is 0. The summed E-state index contributed by atoms with van der Waals surface area (Å²) in [5, 5.41) is 14.8. The van der Waals surface area contributed by atoms with Gasteiger partial charge in [0.1, 0.15) is 17.2 Å². The van der Waals surface area contributed by atoms with Gasteiger partial charge in [0.25, 0.3) is 5.82 Å². The molecule has 0 bridgehead atoms. The van der Waals surface area contributed by atoms with E-state index in [0.29, 0.717) is 42.0 Å². The average Bonchev–Trinajstić information content (AvgIpc) is 3.43. The van der Waals surface area contributed by atoms with E-state index in [9.17, 15) is 18.0 Å². The molecule has 1 aliphatic heterocycles. The van der Waals surface area contributed by atoms with E-state index >= 15 is 0 Å². The van der Waals surface area contributed by atoms with Crippen LogP contribution in [0.15, 0.2) is 46.9 Å². The summed E-state index contributed by atoms with van der Waals surface area (Å²) < 4.78 is 45.9. The number of piperidine rings is 1. The van der Waals surface area contributed by atoms with Crippen LogP contribution in [0.2, 0.25) is 0 Å². The zero-order valence-electron chi connectivity index (χ0n) is 17.7. The fourth-order valence-corrected chi connectivity index (χ4v) is 4.11. The van der Waals surface area contributed by atoms with Crippen LogP contribution < -0.4 is 10.2 Å². The molecule has 8 nitrogen and oxygen atoms in total. The van der Waals surface area contributed by atoms with Gasteiger partial charge in [0, 0.05) is 24.4 Å². The molecule has 0 spiro atoms. The molecule has 1 atom stereocenters. The molecule has 1 N–H and O–H groups in total. The number of fused-ring (bicyclic) bond motifs is 2. The lowest BCUT2D eigenvalue weighted by atomic mass is 9.95. The molecule has 4 aromatic rings. The standard InChI is InChI=1S/C22H21F3N6O2/c1-13(17-12-15-4-2-3-5-16(15)33-17)26-20(32)14-8-10-30(11-9-14)19-7-6-18-27-28-21(22(23,24)25)31(18)29-19/h2-7,12-14H,8-11H2,1H3,(H,26,32). The van der Waals surface area contributed by atoms with Gasteiger partial charge < -0.3 is 14.6 Å². The number of benzene rings is 1. The summed E-state index contributed by atoms with van der Waals surface area (Å²) in [4.78, 5) is 14.7. The van der Waals surface area contributed by atoms with Crippen molar-refractivity contribution in [3.63, 3.8) is 0 Å². The van der Waals surface area contributed by atoms with E-state index in [4.69, 9.17) is 4.42 Å². The lowest BCUT2D eigenvalue weighted by Crippen LogP contribution is -2.41. The van der Waals surface area contributed by atoms with Crippen molar-refractivity contribution in [2.45, 2.75) is 32.0 Å². The molecular weight excluding hydrogens is 437 g/mol. The van der Waals surface area contributed by atoms with Crippen molar-refractivity contribution in [3.05, 3.63) is 54.0 Å². The molecule has 0 aliphatic carbocycles. The first-order valence-electron chi connectivity index (χ1n) is 10.6. The molecular formula is C22H21F3N6O2. The van der Waals surface area contributed by atoms with Gasteiger partial charge in [-0.1, -0.05) is 18.2 Å². The van der Waals surface area contributed by atoms with Crippen LogP contribution in [0.1, 0.15) is 37.4 Å². The minimum Gasteiger partial charge on any atom is -0.459 e. The number of anilines is 1. The van der Waals surface area contributed by atoms with Crippen LogP contribution in [-0.2, 0) is 11.0 Å². The number of hydrogen-bond acceptors (Lipinski definition) is 6. The first-order valence-corrected chi connectivity index (χ1v) is 10.6. The molecule has 0 saturated carbocycles. The fraction of sp³-hybridized carbons (Fsp3) is 0.364. The van der Waals surface area contributed by atoms with Crippen molar-refractivity contribution in [1.29, 1.82) is 0 Å². The molecule has 0 radical (unpaired) electrons. The highest BCUT2D eigenvalue weighted by Gasteiger charge is 2.38. The minimum atomic E-state index is -4.65. The Hall–Kier alpha value is -3.63. The highest BCUT2D eigenvalue weighted by molar-refractivity contribution is 5.80. The quantitative estimate of drug-likeness (QED) is 0.498. The Bertz CT molecular complexity index is 1270. The third-order valence-corrected chi connectivity index (χ3v) is 5.92. The number of nitrogens with zero attached hydrogens (tertiary/aromatic N) is 5. The monoisotopic (exact) mass is 458 g/mol. The number of hydrogen-bond donors (Lipinski definition) is 1. The number of rotatable bonds is 4. The Morgan fingerprint density at radius 1 is 1.15 bits per heavy atom. The van der Waals surface area contributed by atoms with Crippen LogP contribution in [0.25, 0.3) is 16.6 Å². The molecule has 172 valence electrons. The number of halogens is 3. The van der Waals surface area contributed by atoms with Crippen molar-refractivity contribution in [1.82, 2.24) is 25.1 Å². The highest BCUT2D eigenvalue weighted by atomic mass is 19.4. The second kappa shape index (κ2) is 8.05. The number of para-hydroxylation sites is 1. The van der Waals surface area contributed by atoms with Gasteiger partial charge in [0.2, 0.25) is 5.91 Å². The summed E-state index contributed by atoms with van der Waals surface area (Å²) in [6.45, 7) is 2.87. The largest absolute Gasteiger partial charge is 0.459 e. The van der Waals surface area contributed by atoms with E-state index in [-0.39, 0.29) is 23.5 Å². The molecule has 4 heterocycles. The van der Waals surface area contributed by atoms with Crippen molar-refractivity contribution < 1.29 is 22.4 Å². The molecule has 11 heteroatoms. The number of amides is 1. The van der Waals surface area contributed by atoms with Gasteiger partial charge >= 0.3 is 6.18 Å². The summed E-state index contributed by atoms with van der Waals surface area (Å²) in [6.07, 6.45) is -3.52. The number of alkyl halides is 3. The lowest BCUT2D eigenvalue weighted by molar-refractivity contribution is -0.146. The maximum atomic E-state index is 13.1. The molecule has 1 aromatic carbocycles. The normalized spacial score (nSPS) is 16.4. The predicted octanol–water partition coefficient (Wildman–Crippen LogP) is 3.98. The summed E-state index contributed by atoms with van der Waals surface area (Å²) in [5.74, 6) is -0.342. The first-order chi connectivity index (χ1) is 15.8. The Morgan fingerprint density at radius 2 is 1.91 bits per heavy atom. The Morgan fingerprint density at radius 3 is 2.64 bits per heavy atom. The van der Waals surface area contributed by atoms with Crippen LogP contribution in [0.4, 0.5) is 19.0 Å². The van der Waals surface area contributed by atoms with Crippen LogP contribution in [-0.4, -0.2) is 38.8 Å². The van der Waals surface area contributed by atoms with Gasteiger partial charge in [0.15, 0.2) is 5.65 Å². The maximum Gasteiger partial charge on any atom is 0.453 e. The molecule has 1 fully saturated rings. The van der Waals surface area contributed by atoms with Gasteiger partial charge in [0.05, 0.1) is 6.04 Å².